The van der Waals surface area contributed by atoms with Crippen LogP contribution in [0.3, 0.4) is 0 Å². The second-order valence-electron chi connectivity index (χ2n) is 5.59. The molecule has 0 unspecified atom stereocenters. The zero-order valence-electron chi connectivity index (χ0n) is 13.9. The Hall–Kier alpha value is -1.80. The van der Waals surface area contributed by atoms with Gasteiger partial charge in [0.2, 0.25) is 0 Å². The summed E-state index contributed by atoms with van der Waals surface area (Å²) >= 11 is 0. The highest BCUT2D eigenvalue weighted by Gasteiger charge is 2.42. The molecule has 0 heterocycles. The predicted octanol–water partition coefficient (Wildman–Crippen LogP) is 7.52. The van der Waals surface area contributed by atoms with Gasteiger partial charge in [0.05, 0.1) is 22.3 Å². The van der Waals surface area contributed by atoms with E-state index < -0.39 is 73.3 Å². The standard InChI is InChI=1S/C16H6F12P2/c17-13(18,19)7-3-1-4-8(14(20,21)22)11(7)29-30-12-9(15(23,24)25)5-2-6-10(12)16(26,27)28/h1-6H. The normalized spacial score (nSPS) is 13.9. The minimum Gasteiger partial charge on any atom is -0.166 e. The molecule has 0 N–H and O–H groups in total. The van der Waals surface area contributed by atoms with E-state index in [4.69, 9.17) is 0 Å². The van der Waals surface area contributed by atoms with E-state index in [0.717, 1.165) is 0 Å². The van der Waals surface area contributed by atoms with Gasteiger partial charge in [-0.1, -0.05) is 12.1 Å². The predicted molar refractivity (Wildman–Crippen MR) is 86.0 cm³/mol. The van der Waals surface area contributed by atoms with Gasteiger partial charge in [-0.15, -0.1) is 0 Å². The van der Waals surface area contributed by atoms with E-state index in [-0.39, 0.29) is 24.3 Å². The maximum atomic E-state index is 13.1. The lowest BCUT2D eigenvalue weighted by atomic mass is 10.1. The molecular weight excluding hydrogens is 482 g/mol. The summed E-state index contributed by atoms with van der Waals surface area (Å²) in [5, 5.41) is -2.94. The van der Waals surface area contributed by atoms with Crippen molar-refractivity contribution in [2.75, 3.05) is 0 Å². The lowest BCUT2D eigenvalue weighted by Crippen LogP contribution is -2.24. The van der Waals surface area contributed by atoms with Gasteiger partial charge in [0.25, 0.3) is 0 Å². The fourth-order valence-electron chi connectivity index (χ4n) is 2.32. The summed E-state index contributed by atoms with van der Waals surface area (Å²) in [5.41, 5.74) is -7.21. The van der Waals surface area contributed by atoms with Gasteiger partial charge in [0, 0.05) is 10.6 Å². The van der Waals surface area contributed by atoms with Crippen LogP contribution in [0, 0.1) is 0 Å². The van der Waals surface area contributed by atoms with Crippen molar-refractivity contribution in [1.82, 2.24) is 0 Å². The molecule has 0 atom stereocenters. The van der Waals surface area contributed by atoms with Gasteiger partial charge in [-0.3, -0.25) is 0 Å². The molecule has 0 saturated heterocycles. The number of alkyl halides is 12. The molecule has 164 valence electrons. The van der Waals surface area contributed by atoms with Crippen LogP contribution in [0.2, 0.25) is 0 Å². The Morgan fingerprint density at radius 1 is 0.400 bits per heavy atom. The second kappa shape index (κ2) is 8.04. The zero-order valence-corrected chi connectivity index (χ0v) is 15.7. The van der Waals surface area contributed by atoms with E-state index in [1.54, 1.807) is 0 Å². The molecule has 0 radical (unpaired) electrons. The Balaban J connectivity index is 2.83. The molecule has 0 bridgehead atoms. The summed E-state index contributed by atoms with van der Waals surface area (Å²) < 4.78 is 158. The van der Waals surface area contributed by atoms with Gasteiger partial charge >= 0.3 is 24.7 Å². The Labute approximate surface area is 163 Å². The summed E-state index contributed by atoms with van der Waals surface area (Å²) in [7, 11) is -2.12. The second-order valence-corrected chi connectivity index (χ2v) is 8.09. The van der Waals surface area contributed by atoms with Crippen molar-refractivity contribution in [3.63, 3.8) is 0 Å². The third kappa shape index (κ3) is 5.46. The van der Waals surface area contributed by atoms with Crippen molar-refractivity contribution < 1.29 is 52.7 Å². The fourth-order valence-corrected chi connectivity index (χ4v) is 5.65. The largest absolute Gasteiger partial charge is 0.417 e. The number of halogens is 12. The summed E-state index contributed by atoms with van der Waals surface area (Å²) in [6.45, 7) is 0. The first-order chi connectivity index (χ1) is 13.4. The summed E-state index contributed by atoms with van der Waals surface area (Å²) in [6.07, 6.45) is -21.2. The Kier molecular flexibility index (Phi) is 6.56. The van der Waals surface area contributed by atoms with Crippen LogP contribution in [-0.4, -0.2) is 0 Å². The first-order valence-corrected chi connectivity index (χ1v) is 9.90. The van der Waals surface area contributed by atoms with Crippen molar-refractivity contribution in [2.24, 2.45) is 0 Å². The topological polar surface area (TPSA) is 0 Å². The Morgan fingerprint density at radius 2 is 0.600 bits per heavy atom. The Bertz CT molecular complexity index is 807. The molecular formula is C16H6F12P2. The lowest BCUT2D eigenvalue weighted by Gasteiger charge is -2.17. The SMILES string of the molecule is FC(F)(F)c1cccc(C(F)(F)F)c1P=Pc1c(C(F)(F)F)cccc1C(F)(F)F. The van der Waals surface area contributed by atoms with Crippen molar-refractivity contribution in [2.45, 2.75) is 24.7 Å². The summed E-state index contributed by atoms with van der Waals surface area (Å²) in [4.78, 5) is 0. The van der Waals surface area contributed by atoms with E-state index in [1.807, 2.05) is 0 Å². The summed E-state index contributed by atoms with van der Waals surface area (Å²) in [6, 6.07) is 1.99. The van der Waals surface area contributed by atoms with Crippen molar-refractivity contribution >= 4 is 26.3 Å². The van der Waals surface area contributed by atoms with Gasteiger partial charge < -0.3 is 0 Å². The van der Waals surface area contributed by atoms with Crippen LogP contribution >= 0.6 is 15.7 Å². The summed E-state index contributed by atoms with van der Waals surface area (Å²) in [5.74, 6) is 0. The van der Waals surface area contributed by atoms with E-state index in [2.05, 4.69) is 0 Å². The highest BCUT2D eigenvalue weighted by atomic mass is 31.7. The van der Waals surface area contributed by atoms with E-state index in [9.17, 15) is 52.7 Å². The smallest absolute Gasteiger partial charge is 0.166 e. The molecule has 0 spiro atoms. The van der Waals surface area contributed by atoms with Crippen LogP contribution in [0.1, 0.15) is 22.3 Å². The lowest BCUT2D eigenvalue weighted by molar-refractivity contribution is -0.142. The average Bonchev–Trinajstić information content (AvgIpc) is 2.56. The van der Waals surface area contributed by atoms with Gasteiger partial charge in [-0.2, -0.15) is 52.7 Å². The molecule has 0 aliphatic heterocycles. The highest BCUT2D eigenvalue weighted by molar-refractivity contribution is 7.91. The Morgan fingerprint density at radius 3 is 0.767 bits per heavy atom. The molecule has 0 nitrogen and oxygen atoms in total. The molecule has 0 fully saturated rings. The molecule has 2 aromatic rings. The highest BCUT2D eigenvalue weighted by Crippen LogP contribution is 2.41. The maximum absolute atomic E-state index is 13.1. The zero-order chi connectivity index (χ0) is 23.1. The van der Waals surface area contributed by atoms with Crippen LogP contribution in [0.5, 0.6) is 0 Å². The fraction of sp³-hybridized carbons (Fsp3) is 0.250. The number of hydrogen-bond donors (Lipinski definition) is 0. The van der Waals surface area contributed by atoms with Crippen LogP contribution in [0.15, 0.2) is 36.4 Å². The van der Waals surface area contributed by atoms with Crippen LogP contribution in [-0.2, 0) is 24.7 Å². The third-order valence-corrected chi connectivity index (χ3v) is 6.51. The first kappa shape index (κ1) is 24.5. The molecule has 0 amide bonds. The van der Waals surface area contributed by atoms with E-state index >= 15 is 0 Å². The molecule has 14 heteroatoms. The van der Waals surface area contributed by atoms with E-state index in [0.29, 0.717) is 12.1 Å². The van der Waals surface area contributed by atoms with Crippen molar-refractivity contribution in [3.8, 4) is 0 Å². The molecule has 0 aliphatic rings. The third-order valence-electron chi connectivity index (χ3n) is 3.54. The van der Waals surface area contributed by atoms with Gasteiger partial charge in [-0.05, 0) is 40.0 Å². The molecule has 0 aliphatic carbocycles. The van der Waals surface area contributed by atoms with Crippen molar-refractivity contribution in [1.29, 1.82) is 0 Å². The monoisotopic (exact) mass is 488 g/mol. The molecule has 0 saturated carbocycles. The van der Waals surface area contributed by atoms with E-state index in [1.165, 1.54) is 0 Å². The maximum Gasteiger partial charge on any atom is 0.417 e. The average molecular weight is 488 g/mol. The number of rotatable bonds is 2. The molecule has 0 aromatic heterocycles. The van der Waals surface area contributed by atoms with Crippen molar-refractivity contribution in [3.05, 3.63) is 58.7 Å². The molecule has 2 rings (SSSR count). The first-order valence-electron chi connectivity index (χ1n) is 7.40. The minimum absolute atomic E-state index is 0.271. The molecule has 2 aromatic carbocycles. The molecule has 30 heavy (non-hydrogen) atoms. The quantitative estimate of drug-likeness (QED) is 0.303. The van der Waals surface area contributed by atoms with Gasteiger partial charge in [0.15, 0.2) is 0 Å². The number of hydrogen-bond acceptors (Lipinski definition) is 0. The van der Waals surface area contributed by atoms with Crippen LogP contribution in [0.25, 0.3) is 0 Å². The minimum atomic E-state index is -5.31. The van der Waals surface area contributed by atoms with Gasteiger partial charge in [-0.25, -0.2) is 0 Å². The van der Waals surface area contributed by atoms with Crippen LogP contribution < -0.4 is 10.6 Å². The number of benzene rings is 2. The van der Waals surface area contributed by atoms with Crippen LogP contribution in [0.4, 0.5) is 52.7 Å². The van der Waals surface area contributed by atoms with Gasteiger partial charge in [0.1, 0.15) is 0 Å².